The largest absolute Gasteiger partial charge is 0.504 e. The summed E-state index contributed by atoms with van der Waals surface area (Å²) in [5, 5.41) is 2.60. The normalized spacial score (nSPS) is 10.9. The zero-order valence-corrected chi connectivity index (χ0v) is 14.2. The molecular weight excluding hydrogens is 332 g/mol. The van der Waals surface area contributed by atoms with Gasteiger partial charge in [0.2, 0.25) is 0 Å². The summed E-state index contributed by atoms with van der Waals surface area (Å²) < 4.78 is 14.5. The fourth-order valence-corrected chi connectivity index (χ4v) is 2.12. The zero-order valence-electron chi connectivity index (χ0n) is 13.3. The molecule has 0 bridgehead atoms. The van der Waals surface area contributed by atoms with Gasteiger partial charge in [0.1, 0.15) is 12.1 Å². The van der Waals surface area contributed by atoms with Crippen molar-refractivity contribution >= 4 is 29.0 Å². The van der Waals surface area contributed by atoms with E-state index in [0.717, 1.165) is 11.5 Å². The van der Waals surface area contributed by atoms with Crippen molar-refractivity contribution in [3.63, 3.8) is 0 Å². The quantitative estimate of drug-likeness (QED) is 0.657. The SMILES string of the molecule is CO/C=C(/C(=O)NC(=O)N(C)C)c1ccccc1Oc1ncns1. The van der Waals surface area contributed by atoms with E-state index in [4.69, 9.17) is 9.47 Å². The van der Waals surface area contributed by atoms with Crippen LogP contribution in [0, 0.1) is 0 Å². The maximum atomic E-state index is 12.4. The molecule has 0 aliphatic carbocycles. The minimum absolute atomic E-state index is 0.146. The number of benzene rings is 1. The first kappa shape index (κ1) is 17.4. The first-order chi connectivity index (χ1) is 11.5. The summed E-state index contributed by atoms with van der Waals surface area (Å²) in [6, 6.07) is 6.33. The van der Waals surface area contributed by atoms with Gasteiger partial charge in [-0.3, -0.25) is 10.1 Å². The van der Waals surface area contributed by atoms with E-state index >= 15 is 0 Å². The summed E-state index contributed by atoms with van der Waals surface area (Å²) >= 11 is 1.08. The Morgan fingerprint density at radius 3 is 2.67 bits per heavy atom. The maximum absolute atomic E-state index is 12.4. The van der Waals surface area contributed by atoms with E-state index in [0.29, 0.717) is 16.5 Å². The number of urea groups is 1. The van der Waals surface area contributed by atoms with E-state index in [1.54, 1.807) is 24.3 Å². The highest BCUT2D eigenvalue weighted by molar-refractivity contribution is 7.07. The third-order valence-electron chi connectivity index (χ3n) is 2.82. The Bertz CT molecular complexity index is 744. The Hall–Kier alpha value is -2.94. The third kappa shape index (κ3) is 4.29. The lowest BCUT2D eigenvalue weighted by atomic mass is 10.1. The van der Waals surface area contributed by atoms with E-state index in [9.17, 15) is 9.59 Å². The summed E-state index contributed by atoms with van der Waals surface area (Å²) in [4.78, 5) is 29.3. The molecule has 8 nitrogen and oxygen atoms in total. The molecule has 1 N–H and O–H groups in total. The number of hydrogen-bond acceptors (Lipinski definition) is 7. The van der Waals surface area contributed by atoms with Gasteiger partial charge in [0.25, 0.3) is 11.1 Å². The van der Waals surface area contributed by atoms with Gasteiger partial charge in [-0.1, -0.05) is 18.2 Å². The van der Waals surface area contributed by atoms with Gasteiger partial charge in [-0.15, -0.1) is 0 Å². The number of nitrogens with one attached hydrogen (secondary N) is 1. The molecule has 9 heteroatoms. The summed E-state index contributed by atoms with van der Waals surface area (Å²) in [6.07, 6.45) is 2.62. The fourth-order valence-electron chi connectivity index (χ4n) is 1.71. The molecular formula is C15H16N4O4S. The average molecular weight is 348 g/mol. The summed E-state index contributed by atoms with van der Waals surface area (Å²) in [5.74, 6) is -0.214. The molecule has 0 unspecified atom stereocenters. The molecule has 0 radical (unpaired) electrons. The van der Waals surface area contributed by atoms with Crippen molar-refractivity contribution in [2.75, 3.05) is 21.2 Å². The Morgan fingerprint density at radius 2 is 2.04 bits per heavy atom. The van der Waals surface area contributed by atoms with Gasteiger partial charge in [0.05, 0.1) is 18.9 Å². The lowest BCUT2D eigenvalue weighted by molar-refractivity contribution is -0.114. The third-order valence-corrected chi connectivity index (χ3v) is 3.37. The molecule has 0 saturated carbocycles. The van der Waals surface area contributed by atoms with Crippen LogP contribution in [0.4, 0.5) is 4.79 Å². The molecule has 2 rings (SSSR count). The number of carbonyl (C=O) groups excluding carboxylic acids is 2. The van der Waals surface area contributed by atoms with Crippen LogP contribution in [-0.4, -0.2) is 47.4 Å². The van der Waals surface area contributed by atoms with Crippen molar-refractivity contribution in [1.82, 2.24) is 19.6 Å². The number of rotatable bonds is 5. The van der Waals surface area contributed by atoms with Crippen LogP contribution in [0.25, 0.3) is 5.57 Å². The van der Waals surface area contributed by atoms with Crippen molar-refractivity contribution in [2.24, 2.45) is 0 Å². The molecule has 0 saturated heterocycles. The van der Waals surface area contributed by atoms with Crippen molar-refractivity contribution in [1.29, 1.82) is 0 Å². The van der Waals surface area contributed by atoms with Crippen molar-refractivity contribution in [3.05, 3.63) is 42.4 Å². The number of para-hydroxylation sites is 1. The van der Waals surface area contributed by atoms with Gasteiger partial charge in [0, 0.05) is 31.2 Å². The highest BCUT2D eigenvalue weighted by atomic mass is 32.1. The molecule has 0 spiro atoms. The van der Waals surface area contributed by atoms with Crippen LogP contribution < -0.4 is 10.1 Å². The second-order valence-electron chi connectivity index (χ2n) is 4.73. The van der Waals surface area contributed by atoms with E-state index in [1.807, 2.05) is 0 Å². The monoisotopic (exact) mass is 348 g/mol. The fraction of sp³-hybridized carbons (Fsp3) is 0.200. The first-order valence-corrected chi connectivity index (χ1v) is 7.59. The molecule has 1 aromatic carbocycles. The number of aromatic nitrogens is 2. The standard InChI is InChI=1S/C15H16N4O4S/c1-19(2)14(21)18-13(20)11(8-22-3)10-6-4-5-7-12(10)23-15-16-9-17-24-15/h4-9H,1-3H3,(H,18,20,21)/b11-8+. The second-order valence-corrected chi connectivity index (χ2v) is 5.47. The number of hydrogen-bond donors (Lipinski definition) is 1. The molecule has 1 aromatic heterocycles. The molecule has 24 heavy (non-hydrogen) atoms. The van der Waals surface area contributed by atoms with Crippen LogP contribution in [0.3, 0.4) is 0 Å². The predicted octanol–water partition coefficient (Wildman–Crippen LogP) is 2.12. The molecule has 0 atom stereocenters. The van der Waals surface area contributed by atoms with Gasteiger partial charge in [-0.05, 0) is 6.07 Å². The van der Waals surface area contributed by atoms with Crippen molar-refractivity contribution < 1.29 is 19.1 Å². The number of carbonyl (C=O) groups is 2. The zero-order chi connectivity index (χ0) is 17.5. The van der Waals surface area contributed by atoms with E-state index in [2.05, 4.69) is 14.7 Å². The second kappa shape index (κ2) is 8.06. The minimum Gasteiger partial charge on any atom is -0.504 e. The molecule has 0 aliphatic heterocycles. The molecule has 2 aromatic rings. The highest BCUT2D eigenvalue weighted by Crippen LogP contribution is 2.30. The van der Waals surface area contributed by atoms with Gasteiger partial charge >= 0.3 is 6.03 Å². The van der Waals surface area contributed by atoms with Crippen molar-refractivity contribution in [3.8, 4) is 10.9 Å². The lowest BCUT2D eigenvalue weighted by Gasteiger charge is -2.14. The summed E-state index contributed by atoms with van der Waals surface area (Å²) in [7, 11) is 4.49. The maximum Gasteiger partial charge on any atom is 0.323 e. The van der Waals surface area contributed by atoms with Gasteiger partial charge in [-0.25, -0.2) is 4.79 Å². The molecule has 3 amide bonds. The van der Waals surface area contributed by atoms with E-state index < -0.39 is 11.9 Å². The van der Waals surface area contributed by atoms with Gasteiger partial charge < -0.3 is 14.4 Å². The summed E-state index contributed by atoms with van der Waals surface area (Å²) in [6.45, 7) is 0. The van der Waals surface area contributed by atoms with Crippen LogP contribution in [-0.2, 0) is 9.53 Å². The molecule has 1 heterocycles. The van der Waals surface area contributed by atoms with Crippen LogP contribution in [0.2, 0.25) is 0 Å². The number of amides is 3. The Kier molecular flexibility index (Phi) is 5.85. The van der Waals surface area contributed by atoms with Crippen LogP contribution in [0.5, 0.6) is 10.9 Å². The molecule has 0 aliphatic rings. The average Bonchev–Trinajstić information content (AvgIpc) is 3.06. The van der Waals surface area contributed by atoms with Gasteiger partial charge in [0.15, 0.2) is 0 Å². The van der Waals surface area contributed by atoms with Gasteiger partial charge in [-0.2, -0.15) is 9.36 Å². The lowest BCUT2D eigenvalue weighted by Crippen LogP contribution is -2.39. The number of ether oxygens (including phenoxy) is 2. The predicted molar refractivity (Wildman–Crippen MR) is 88.6 cm³/mol. The number of methoxy groups -OCH3 is 1. The Labute approximate surface area is 142 Å². The van der Waals surface area contributed by atoms with E-state index in [1.165, 1.54) is 38.7 Å². The Balaban J connectivity index is 2.33. The number of nitrogens with zero attached hydrogens (tertiary/aromatic N) is 3. The first-order valence-electron chi connectivity index (χ1n) is 6.82. The van der Waals surface area contributed by atoms with Crippen LogP contribution in [0.1, 0.15) is 5.56 Å². The molecule has 0 fully saturated rings. The summed E-state index contributed by atoms with van der Waals surface area (Å²) in [5.41, 5.74) is 0.603. The molecule has 126 valence electrons. The smallest absolute Gasteiger partial charge is 0.323 e. The topological polar surface area (TPSA) is 93.7 Å². The Morgan fingerprint density at radius 1 is 1.29 bits per heavy atom. The number of imide groups is 1. The van der Waals surface area contributed by atoms with Crippen LogP contribution in [0.15, 0.2) is 36.9 Å². The minimum atomic E-state index is -0.608. The van der Waals surface area contributed by atoms with E-state index in [-0.39, 0.29) is 5.57 Å². The van der Waals surface area contributed by atoms with Crippen molar-refractivity contribution in [2.45, 2.75) is 0 Å². The van der Waals surface area contributed by atoms with Crippen LogP contribution >= 0.6 is 11.5 Å². The highest BCUT2D eigenvalue weighted by Gasteiger charge is 2.20.